The highest BCUT2D eigenvalue weighted by Crippen LogP contribution is 2.20. The van der Waals surface area contributed by atoms with Gasteiger partial charge in [0.15, 0.2) is 5.78 Å². The van der Waals surface area contributed by atoms with E-state index in [9.17, 15) is 19.5 Å². The number of aliphatic hydroxyl groups excluding tert-OH is 1. The third-order valence-electron chi connectivity index (χ3n) is 4.60. The summed E-state index contributed by atoms with van der Waals surface area (Å²) in [6.45, 7) is 0. The zero-order valence-corrected chi connectivity index (χ0v) is 17.0. The first-order chi connectivity index (χ1) is 14.9. The molecule has 0 bridgehead atoms. The van der Waals surface area contributed by atoms with Gasteiger partial charge in [0, 0.05) is 23.1 Å². The predicted molar refractivity (Wildman–Crippen MR) is 112 cm³/mol. The van der Waals surface area contributed by atoms with Crippen LogP contribution in [0.3, 0.4) is 0 Å². The summed E-state index contributed by atoms with van der Waals surface area (Å²) >= 11 is 0. The Morgan fingerprint density at radius 3 is 1.71 bits per heavy atom. The SMILES string of the molecule is COC(=O)c1ccc(C(=O)c2ccc(C(=O)OC3=CCC(=C(O)OC)C=C3)cc2)cc1. The Bertz CT molecular complexity index is 1090. The van der Waals surface area contributed by atoms with Crippen molar-refractivity contribution in [1.82, 2.24) is 0 Å². The number of carbonyl (C=O) groups is 3. The highest BCUT2D eigenvalue weighted by atomic mass is 16.6. The Kier molecular flexibility index (Phi) is 6.67. The van der Waals surface area contributed by atoms with Crippen molar-refractivity contribution in [2.24, 2.45) is 0 Å². The number of benzene rings is 2. The molecule has 3 rings (SSSR count). The van der Waals surface area contributed by atoms with Crippen LogP contribution in [0.1, 0.15) is 43.1 Å². The van der Waals surface area contributed by atoms with Gasteiger partial charge in [0.1, 0.15) is 5.76 Å². The summed E-state index contributed by atoms with van der Waals surface area (Å²) in [5.74, 6) is -1.12. The quantitative estimate of drug-likeness (QED) is 0.426. The average molecular weight is 420 g/mol. The highest BCUT2D eigenvalue weighted by molar-refractivity contribution is 6.09. The molecule has 1 aliphatic rings. The number of ketones is 1. The second kappa shape index (κ2) is 9.58. The summed E-state index contributed by atoms with van der Waals surface area (Å²) in [5.41, 5.74) is 2.01. The van der Waals surface area contributed by atoms with Crippen LogP contribution < -0.4 is 0 Å². The fourth-order valence-corrected chi connectivity index (χ4v) is 2.86. The number of rotatable bonds is 6. The fourth-order valence-electron chi connectivity index (χ4n) is 2.86. The van der Waals surface area contributed by atoms with E-state index in [1.165, 1.54) is 50.6 Å². The lowest BCUT2D eigenvalue weighted by atomic mass is 10.0. The van der Waals surface area contributed by atoms with Crippen molar-refractivity contribution >= 4 is 17.7 Å². The summed E-state index contributed by atoms with van der Waals surface area (Å²) in [6, 6.07) is 12.2. The van der Waals surface area contributed by atoms with Gasteiger partial charge in [-0.1, -0.05) is 24.3 Å². The van der Waals surface area contributed by atoms with Crippen molar-refractivity contribution in [3.05, 3.63) is 106 Å². The molecule has 1 N–H and O–H groups in total. The zero-order valence-electron chi connectivity index (χ0n) is 17.0. The number of allylic oxidation sites excluding steroid dienone is 4. The van der Waals surface area contributed by atoms with Gasteiger partial charge in [0.2, 0.25) is 0 Å². The van der Waals surface area contributed by atoms with E-state index in [1.807, 2.05) is 0 Å². The summed E-state index contributed by atoms with van der Waals surface area (Å²) in [6.07, 6.45) is 5.18. The molecule has 2 aromatic rings. The first-order valence-electron chi connectivity index (χ1n) is 9.32. The van der Waals surface area contributed by atoms with Crippen LogP contribution in [0.25, 0.3) is 0 Å². The molecular weight excluding hydrogens is 400 g/mol. The maximum absolute atomic E-state index is 12.6. The molecule has 2 aromatic carbocycles. The number of hydrogen-bond donors (Lipinski definition) is 1. The van der Waals surface area contributed by atoms with Crippen molar-refractivity contribution in [3.63, 3.8) is 0 Å². The first-order valence-corrected chi connectivity index (χ1v) is 9.32. The number of carbonyl (C=O) groups excluding carboxylic acids is 3. The Morgan fingerprint density at radius 1 is 0.742 bits per heavy atom. The summed E-state index contributed by atoms with van der Waals surface area (Å²) in [4.78, 5) is 36.5. The molecule has 0 spiro atoms. The van der Waals surface area contributed by atoms with E-state index in [0.717, 1.165) is 0 Å². The molecule has 31 heavy (non-hydrogen) atoms. The Balaban J connectivity index is 1.65. The Labute approximate surface area is 178 Å². The van der Waals surface area contributed by atoms with E-state index < -0.39 is 11.9 Å². The summed E-state index contributed by atoms with van der Waals surface area (Å²) < 4.78 is 14.7. The van der Waals surface area contributed by atoms with Gasteiger partial charge >= 0.3 is 11.9 Å². The summed E-state index contributed by atoms with van der Waals surface area (Å²) in [7, 11) is 2.65. The van der Waals surface area contributed by atoms with Gasteiger partial charge in [-0.15, -0.1) is 0 Å². The fraction of sp³-hybridized carbons (Fsp3) is 0.125. The first kappa shape index (κ1) is 21.6. The predicted octanol–water partition coefficient (Wildman–Crippen LogP) is 4.12. The van der Waals surface area contributed by atoms with Gasteiger partial charge in [0.05, 0.1) is 25.3 Å². The molecule has 0 radical (unpaired) electrons. The topological polar surface area (TPSA) is 99.1 Å². The van der Waals surface area contributed by atoms with E-state index in [1.54, 1.807) is 30.4 Å². The second-order valence-electron chi connectivity index (χ2n) is 6.54. The molecule has 158 valence electrons. The van der Waals surface area contributed by atoms with Gasteiger partial charge in [0.25, 0.3) is 5.95 Å². The number of aliphatic hydroxyl groups is 1. The molecule has 0 atom stereocenters. The minimum atomic E-state index is -0.569. The highest BCUT2D eigenvalue weighted by Gasteiger charge is 2.15. The number of ether oxygens (including phenoxy) is 3. The van der Waals surface area contributed by atoms with Gasteiger partial charge < -0.3 is 19.3 Å². The number of esters is 2. The van der Waals surface area contributed by atoms with E-state index in [-0.39, 0.29) is 17.3 Å². The van der Waals surface area contributed by atoms with Crippen LogP contribution in [0.5, 0.6) is 0 Å². The molecule has 0 aliphatic heterocycles. The van der Waals surface area contributed by atoms with Crippen molar-refractivity contribution in [2.45, 2.75) is 6.42 Å². The normalized spacial score (nSPS) is 14.3. The van der Waals surface area contributed by atoms with Crippen LogP contribution >= 0.6 is 0 Å². The van der Waals surface area contributed by atoms with Crippen molar-refractivity contribution in [1.29, 1.82) is 0 Å². The van der Waals surface area contributed by atoms with Gasteiger partial charge in [-0.05, 0) is 42.5 Å². The lowest BCUT2D eigenvalue weighted by Crippen LogP contribution is -2.07. The Hall–Kier alpha value is -4.13. The van der Waals surface area contributed by atoms with Crippen LogP contribution in [-0.4, -0.2) is 37.0 Å². The zero-order chi connectivity index (χ0) is 22.4. The van der Waals surface area contributed by atoms with Crippen LogP contribution in [0.15, 0.2) is 84.0 Å². The largest absolute Gasteiger partial charge is 0.481 e. The molecule has 0 saturated heterocycles. The van der Waals surface area contributed by atoms with E-state index in [0.29, 0.717) is 34.4 Å². The van der Waals surface area contributed by atoms with E-state index in [4.69, 9.17) is 9.47 Å². The standard InChI is InChI=1S/C24H20O7/c1-29-22(26)17-7-3-15(4-8-17)21(25)16-5-9-19(10-6-16)24(28)31-20-13-11-18(12-14-20)23(27)30-2/h3-11,13-14,27H,12H2,1-2H3. The molecule has 7 nitrogen and oxygen atoms in total. The second-order valence-corrected chi connectivity index (χ2v) is 6.54. The molecule has 0 saturated carbocycles. The molecular formula is C24H20O7. The van der Waals surface area contributed by atoms with Crippen LogP contribution in [0.4, 0.5) is 0 Å². The van der Waals surface area contributed by atoms with Crippen LogP contribution in [0, 0.1) is 0 Å². The number of hydrogen-bond acceptors (Lipinski definition) is 7. The monoisotopic (exact) mass is 420 g/mol. The smallest absolute Gasteiger partial charge is 0.343 e. The van der Waals surface area contributed by atoms with Crippen molar-refractivity contribution < 1.29 is 33.7 Å². The summed E-state index contributed by atoms with van der Waals surface area (Å²) in [5, 5.41) is 9.55. The lowest BCUT2D eigenvalue weighted by Gasteiger charge is -2.11. The molecule has 1 aliphatic carbocycles. The van der Waals surface area contributed by atoms with Crippen molar-refractivity contribution in [2.75, 3.05) is 14.2 Å². The third kappa shape index (κ3) is 5.08. The minimum Gasteiger partial charge on any atom is -0.481 e. The van der Waals surface area contributed by atoms with Crippen LogP contribution in [0.2, 0.25) is 0 Å². The molecule has 0 fully saturated rings. The van der Waals surface area contributed by atoms with Gasteiger partial charge in [-0.3, -0.25) is 4.79 Å². The number of methoxy groups -OCH3 is 2. The average Bonchev–Trinajstić information content (AvgIpc) is 2.83. The van der Waals surface area contributed by atoms with Crippen molar-refractivity contribution in [3.8, 4) is 0 Å². The van der Waals surface area contributed by atoms with E-state index in [2.05, 4.69) is 4.74 Å². The molecule has 0 heterocycles. The maximum atomic E-state index is 12.6. The van der Waals surface area contributed by atoms with Crippen LogP contribution in [-0.2, 0) is 14.2 Å². The Morgan fingerprint density at radius 2 is 1.26 bits per heavy atom. The third-order valence-corrected chi connectivity index (χ3v) is 4.60. The molecule has 7 heteroatoms. The lowest BCUT2D eigenvalue weighted by molar-refractivity contribution is 0.0598. The maximum Gasteiger partial charge on any atom is 0.343 e. The van der Waals surface area contributed by atoms with E-state index >= 15 is 0 Å². The molecule has 0 unspecified atom stereocenters. The molecule has 0 amide bonds. The minimum absolute atomic E-state index is 0.182. The molecule has 0 aromatic heterocycles. The van der Waals surface area contributed by atoms with Gasteiger partial charge in [-0.25, -0.2) is 9.59 Å². The van der Waals surface area contributed by atoms with Gasteiger partial charge in [-0.2, -0.15) is 0 Å².